The van der Waals surface area contributed by atoms with E-state index in [-0.39, 0.29) is 5.69 Å². The summed E-state index contributed by atoms with van der Waals surface area (Å²) in [7, 11) is 0. The number of hydrogen-bond donors (Lipinski definition) is 0. The molecule has 0 atom stereocenters. The molecule has 2 heterocycles. The molecule has 0 unspecified atom stereocenters. The van der Waals surface area contributed by atoms with E-state index in [2.05, 4.69) is 11.1 Å². The number of aliphatic imine (C=N–C) groups is 1. The van der Waals surface area contributed by atoms with Crippen molar-refractivity contribution < 1.29 is 9.34 Å². The molecule has 0 amide bonds. The van der Waals surface area contributed by atoms with Gasteiger partial charge in [-0.1, -0.05) is 12.1 Å². The van der Waals surface area contributed by atoms with Gasteiger partial charge in [-0.25, -0.2) is 4.99 Å². The summed E-state index contributed by atoms with van der Waals surface area (Å²) in [5.74, 6) is 0.892. The number of hydrogen-bond acceptors (Lipinski definition) is 6. The molecule has 26 heavy (non-hydrogen) atoms. The predicted molar refractivity (Wildman–Crippen MR) is 99.1 cm³/mol. The van der Waals surface area contributed by atoms with Gasteiger partial charge in [0.2, 0.25) is 0 Å². The zero-order chi connectivity index (χ0) is 18.1. The Morgan fingerprint density at radius 3 is 2.92 bits per heavy atom. The molecule has 0 N–H and O–H groups in total. The first-order chi connectivity index (χ1) is 12.7. The second kappa shape index (κ2) is 6.58. The summed E-state index contributed by atoms with van der Waals surface area (Å²) >= 11 is 1.55. The van der Waals surface area contributed by atoms with E-state index >= 15 is 0 Å². The van der Waals surface area contributed by atoms with Crippen molar-refractivity contribution in [3.63, 3.8) is 0 Å². The van der Waals surface area contributed by atoms with Crippen molar-refractivity contribution in [3.8, 4) is 17.4 Å². The number of fused-ring (bicyclic) bond motifs is 1. The van der Waals surface area contributed by atoms with Crippen LogP contribution in [-0.4, -0.2) is 11.1 Å². The number of aryl methyl sites for hydroxylation is 1. The second-order valence-electron chi connectivity index (χ2n) is 5.88. The highest BCUT2D eigenvalue weighted by Crippen LogP contribution is 2.40. The standard InChI is InChI=1S/C19H13N3O3S/c20-10-15-13-5-3-7-18(13)26-19(15)21-11-12-8-9-17(25-12)14-4-1-2-6-16(14)22(23)24/h1-2,4,6,8-9,11H,3,5,7H2/b21-11+. The zero-order valence-corrected chi connectivity index (χ0v) is 14.5. The normalized spacial score (nSPS) is 13.0. The number of nitro benzene ring substituents is 1. The van der Waals surface area contributed by atoms with Crippen molar-refractivity contribution >= 4 is 28.2 Å². The van der Waals surface area contributed by atoms with Crippen LogP contribution in [0.3, 0.4) is 0 Å². The Balaban J connectivity index is 1.64. The van der Waals surface area contributed by atoms with Crippen LogP contribution in [0, 0.1) is 21.4 Å². The minimum atomic E-state index is -0.433. The van der Waals surface area contributed by atoms with Crippen LogP contribution in [0.4, 0.5) is 10.7 Å². The molecule has 128 valence electrons. The molecule has 0 saturated carbocycles. The molecule has 7 heteroatoms. The molecule has 0 radical (unpaired) electrons. The van der Waals surface area contributed by atoms with Gasteiger partial charge in [0, 0.05) is 10.9 Å². The van der Waals surface area contributed by atoms with E-state index in [9.17, 15) is 15.4 Å². The van der Waals surface area contributed by atoms with Crippen molar-refractivity contribution in [1.82, 2.24) is 0 Å². The lowest BCUT2D eigenvalue weighted by Gasteiger charge is -1.98. The van der Waals surface area contributed by atoms with Crippen LogP contribution >= 0.6 is 11.3 Å². The second-order valence-corrected chi connectivity index (χ2v) is 6.97. The number of thiophene rings is 1. The third-order valence-electron chi connectivity index (χ3n) is 4.32. The van der Waals surface area contributed by atoms with Crippen molar-refractivity contribution in [1.29, 1.82) is 5.26 Å². The number of para-hydroxylation sites is 1. The van der Waals surface area contributed by atoms with Crippen LogP contribution in [0.1, 0.15) is 28.2 Å². The summed E-state index contributed by atoms with van der Waals surface area (Å²) in [4.78, 5) is 16.4. The third-order valence-corrected chi connectivity index (χ3v) is 5.52. The maximum absolute atomic E-state index is 11.2. The van der Waals surface area contributed by atoms with Gasteiger partial charge in [-0.2, -0.15) is 5.26 Å². The lowest BCUT2D eigenvalue weighted by Crippen LogP contribution is -1.90. The summed E-state index contributed by atoms with van der Waals surface area (Å²) < 4.78 is 5.70. The average Bonchev–Trinajstić information content (AvgIpc) is 3.35. The summed E-state index contributed by atoms with van der Waals surface area (Å²) in [5, 5.41) is 21.3. The van der Waals surface area contributed by atoms with Crippen LogP contribution in [0.5, 0.6) is 0 Å². The summed E-state index contributed by atoms with van der Waals surface area (Å²) in [5.41, 5.74) is 2.20. The smallest absolute Gasteiger partial charge is 0.280 e. The van der Waals surface area contributed by atoms with Crippen LogP contribution in [0.2, 0.25) is 0 Å². The SMILES string of the molecule is N#Cc1c(/N=C/c2ccc(-c3ccccc3[N+](=O)[O-])o2)sc2c1CCC2. The lowest BCUT2D eigenvalue weighted by atomic mass is 10.1. The highest BCUT2D eigenvalue weighted by Gasteiger charge is 2.22. The summed E-state index contributed by atoms with van der Waals surface area (Å²) in [6, 6.07) is 12.1. The molecule has 2 aromatic heterocycles. The molecule has 0 bridgehead atoms. The molecular weight excluding hydrogens is 350 g/mol. The Morgan fingerprint density at radius 2 is 2.12 bits per heavy atom. The first-order valence-electron chi connectivity index (χ1n) is 8.09. The fourth-order valence-electron chi connectivity index (χ4n) is 3.13. The largest absolute Gasteiger partial charge is 0.455 e. The zero-order valence-electron chi connectivity index (χ0n) is 13.6. The number of nitro groups is 1. The molecule has 0 fully saturated rings. The fourth-order valence-corrected chi connectivity index (χ4v) is 4.31. The molecule has 1 aromatic carbocycles. The fraction of sp³-hybridized carbons (Fsp3) is 0.158. The van der Waals surface area contributed by atoms with Crippen molar-refractivity contribution in [2.45, 2.75) is 19.3 Å². The van der Waals surface area contributed by atoms with Crippen molar-refractivity contribution in [2.75, 3.05) is 0 Å². The van der Waals surface area contributed by atoms with Gasteiger partial charge in [-0.3, -0.25) is 10.1 Å². The van der Waals surface area contributed by atoms with Crippen LogP contribution in [0.25, 0.3) is 11.3 Å². The molecule has 0 saturated heterocycles. The Labute approximate surface area is 153 Å². The number of nitrogens with zero attached hydrogens (tertiary/aromatic N) is 3. The van der Waals surface area contributed by atoms with E-state index in [0.717, 1.165) is 24.8 Å². The Hall–Kier alpha value is -3.24. The average molecular weight is 363 g/mol. The van der Waals surface area contributed by atoms with Crippen molar-refractivity contribution in [2.24, 2.45) is 4.99 Å². The van der Waals surface area contributed by atoms with Gasteiger partial charge >= 0.3 is 0 Å². The Kier molecular flexibility index (Phi) is 4.11. The van der Waals surface area contributed by atoms with Gasteiger partial charge in [0.15, 0.2) is 0 Å². The Bertz CT molecular complexity index is 1070. The minimum absolute atomic E-state index is 0.00760. The summed E-state index contributed by atoms with van der Waals surface area (Å²) in [6.45, 7) is 0. The number of benzene rings is 1. The summed E-state index contributed by atoms with van der Waals surface area (Å²) in [6.07, 6.45) is 4.59. The maximum atomic E-state index is 11.2. The van der Waals surface area contributed by atoms with E-state index in [4.69, 9.17) is 4.42 Å². The molecule has 1 aliphatic carbocycles. The van der Waals surface area contributed by atoms with Gasteiger partial charge in [0.1, 0.15) is 22.6 Å². The topological polar surface area (TPSA) is 92.4 Å². The molecule has 3 aromatic rings. The third kappa shape index (κ3) is 2.80. The molecule has 0 spiro atoms. The molecule has 6 nitrogen and oxygen atoms in total. The van der Waals surface area contributed by atoms with Crippen LogP contribution in [0.15, 0.2) is 45.8 Å². The lowest BCUT2D eigenvalue weighted by molar-refractivity contribution is -0.384. The molecule has 0 aliphatic heterocycles. The monoisotopic (exact) mass is 363 g/mol. The first-order valence-corrected chi connectivity index (χ1v) is 8.91. The minimum Gasteiger partial charge on any atom is -0.455 e. The molecule has 1 aliphatic rings. The van der Waals surface area contributed by atoms with Gasteiger partial charge in [-0.05, 0) is 43.0 Å². The van der Waals surface area contributed by atoms with Gasteiger partial charge in [0.05, 0.1) is 22.3 Å². The quantitative estimate of drug-likeness (QED) is 0.369. The van der Waals surface area contributed by atoms with E-state index in [1.165, 1.54) is 10.9 Å². The highest BCUT2D eigenvalue weighted by molar-refractivity contribution is 7.16. The highest BCUT2D eigenvalue weighted by atomic mass is 32.1. The first kappa shape index (κ1) is 16.2. The number of rotatable bonds is 4. The number of furan rings is 1. The number of nitriles is 1. The predicted octanol–water partition coefficient (Wildman–Crippen LogP) is 5.03. The Morgan fingerprint density at radius 1 is 1.27 bits per heavy atom. The van der Waals surface area contributed by atoms with Crippen LogP contribution < -0.4 is 0 Å². The van der Waals surface area contributed by atoms with E-state index in [0.29, 0.717) is 27.6 Å². The van der Waals surface area contributed by atoms with E-state index in [1.807, 2.05) is 0 Å². The molecule has 4 rings (SSSR count). The molecular formula is C19H13N3O3S. The van der Waals surface area contributed by atoms with Crippen LogP contribution in [-0.2, 0) is 12.8 Å². The van der Waals surface area contributed by atoms with Gasteiger partial charge < -0.3 is 4.42 Å². The van der Waals surface area contributed by atoms with Crippen molar-refractivity contribution in [3.05, 3.63) is 68.3 Å². The van der Waals surface area contributed by atoms with Gasteiger partial charge in [0.25, 0.3) is 5.69 Å². The van der Waals surface area contributed by atoms with E-state index in [1.54, 1.807) is 47.9 Å². The van der Waals surface area contributed by atoms with E-state index < -0.39 is 4.92 Å². The maximum Gasteiger partial charge on any atom is 0.280 e. The van der Waals surface area contributed by atoms with Gasteiger partial charge in [-0.15, -0.1) is 11.3 Å².